The Morgan fingerprint density at radius 3 is 2.45 bits per heavy atom. The number of benzene rings is 1. The fraction of sp³-hybridized carbons (Fsp3) is 0.588. The first-order chi connectivity index (χ1) is 9.24. The van der Waals surface area contributed by atoms with Gasteiger partial charge in [-0.1, -0.05) is 46.8 Å². The smallest absolute Gasteiger partial charge is 0.220 e. The standard InChI is InChI=1S/C17H27NO2/c1-12(2)10-15(19)18-16(17(3,4)5)13-8-7-9-14(11-13)20-6/h7-9,11-12,16H,10H2,1-6H3,(H,18,19)/t16-/m1/s1. The molecule has 112 valence electrons. The van der Waals surface area contributed by atoms with E-state index in [-0.39, 0.29) is 17.4 Å². The van der Waals surface area contributed by atoms with E-state index in [1.54, 1.807) is 7.11 Å². The zero-order valence-electron chi connectivity index (χ0n) is 13.5. The second-order valence-electron chi connectivity index (χ2n) is 6.74. The first kappa shape index (κ1) is 16.5. The van der Waals surface area contributed by atoms with Crippen LogP contribution in [0.1, 0.15) is 52.6 Å². The van der Waals surface area contributed by atoms with Crippen molar-refractivity contribution < 1.29 is 9.53 Å². The molecule has 0 radical (unpaired) electrons. The molecule has 0 spiro atoms. The maximum absolute atomic E-state index is 12.1. The molecular formula is C17H27NO2. The van der Waals surface area contributed by atoms with Gasteiger partial charge >= 0.3 is 0 Å². The third-order valence-corrected chi connectivity index (χ3v) is 3.19. The lowest BCUT2D eigenvalue weighted by molar-refractivity contribution is -0.123. The highest BCUT2D eigenvalue weighted by Crippen LogP contribution is 2.34. The Bertz CT molecular complexity index is 447. The van der Waals surface area contributed by atoms with Crippen LogP contribution in [0.5, 0.6) is 5.75 Å². The van der Waals surface area contributed by atoms with Gasteiger partial charge in [-0.15, -0.1) is 0 Å². The zero-order valence-corrected chi connectivity index (χ0v) is 13.5. The number of hydrogen-bond acceptors (Lipinski definition) is 2. The minimum absolute atomic E-state index is 0.0242. The summed E-state index contributed by atoms with van der Waals surface area (Å²) in [5, 5.41) is 3.16. The van der Waals surface area contributed by atoms with Gasteiger partial charge in [-0.05, 0) is 29.0 Å². The first-order valence-electron chi connectivity index (χ1n) is 7.17. The highest BCUT2D eigenvalue weighted by molar-refractivity contribution is 5.76. The van der Waals surface area contributed by atoms with Crippen LogP contribution in [0.25, 0.3) is 0 Å². The van der Waals surface area contributed by atoms with Gasteiger partial charge in [0.15, 0.2) is 0 Å². The summed E-state index contributed by atoms with van der Waals surface area (Å²) in [5.74, 6) is 1.28. The number of carbonyl (C=O) groups excluding carboxylic acids is 1. The third-order valence-electron chi connectivity index (χ3n) is 3.19. The molecule has 1 aromatic rings. The molecule has 0 fully saturated rings. The molecule has 1 rings (SSSR count). The second-order valence-corrected chi connectivity index (χ2v) is 6.74. The van der Waals surface area contributed by atoms with Gasteiger partial charge in [0.2, 0.25) is 5.91 Å². The molecule has 1 aromatic carbocycles. The van der Waals surface area contributed by atoms with Gasteiger partial charge in [-0.3, -0.25) is 4.79 Å². The molecule has 0 aliphatic rings. The van der Waals surface area contributed by atoms with Crippen LogP contribution in [0.2, 0.25) is 0 Å². The summed E-state index contributed by atoms with van der Waals surface area (Å²) in [6, 6.07) is 7.88. The van der Waals surface area contributed by atoms with Crippen molar-refractivity contribution in [2.75, 3.05) is 7.11 Å². The molecule has 0 bridgehead atoms. The van der Waals surface area contributed by atoms with E-state index in [9.17, 15) is 4.79 Å². The van der Waals surface area contributed by atoms with Gasteiger partial charge in [0.05, 0.1) is 13.2 Å². The Labute approximate surface area is 122 Å². The minimum Gasteiger partial charge on any atom is -0.497 e. The molecule has 0 aromatic heterocycles. The molecule has 0 unspecified atom stereocenters. The average Bonchev–Trinajstić information content (AvgIpc) is 2.34. The summed E-state index contributed by atoms with van der Waals surface area (Å²) in [6.07, 6.45) is 0.552. The molecule has 1 N–H and O–H groups in total. The van der Waals surface area contributed by atoms with Crippen LogP contribution in [0, 0.1) is 11.3 Å². The van der Waals surface area contributed by atoms with Gasteiger partial charge in [-0.25, -0.2) is 0 Å². The molecule has 1 amide bonds. The Balaban J connectivity index is 2.98. The third kappa shape index (κ3) is 4.87. The van der Waals surface area contributed by atoms with Crippen LogP contribution in [0.15, 0.2) is 24.3 Å². The molecule has 3 nitrogen and oxygen atoms in total. The predicted molar refractivity (Wildman–Crippen MR) is 82.8 cm³/mol. The largest absolute Gasteiger partial charge is 0.497 e. The van der Waals surface area contributed by atoms with Crippen molar-refractivity contribution in [3.8, 4) is 5.75 Å². The summed E-state index contributed by atoms with van der Waals surface area (Å²) in [5.41, 5.74) is 1.02. The fourth-order valence-corrected chi connectivity index (χ4v) is 2.21. The van der Waals surface area contributed by atoms with Gasteiger partial charge < -0.3 is 10.1 Å². The highest BCUT2D eigenvalue weighted by atomic mass is 16.5. The van der Waals surface area contributed by atoms with E-state index in [0.717, 1.165) is 11.3 Å². The summed E-state index contributed by atoms with van der Waals surface area (Å²) in [4.78, 5) is 12.1. The van der Waals surface area contributed by atoms with E-state index in [0.29, 0.717) is 12.3 Å². The number of nitrogens with one attached hydrogen (secondary N) is 1. The molecule has 1 atom stereocenters. The highest BCUT2D eigenvalue weighted by Gasteiger charge is 2.28. The van der Waals surface area contributed by atoms with Gasteiger partial charge in [0.1, 0.15) is 5.75 Å². The molecule has 0 aliphatic carbocycles. The number of carbonyl (C=O) groups is 1. The van der Waals surface area contributed by atoms with Crippen molar-refractivity contribution >= 4 is 5.91 Å². The maximum Gasteiger partial charge on any atom is 0.220 e. The lowest BCUT2D eigenvalue weighted by Gasteiger charge is -2.32. The van der Waals surface area contributed by atoms with Crippen LogP contribution in [-0.4, -0.2) is 13.0 Å². The van der Waals surface area contributed by atoms with Crippen molar-refractivity contribution in [1.29, 1.82) is 0 Å². The number of hydrogen-bond donors (Lipinski definition) is 1. The first-order valence-corrected chi connectivity index (χ1v) is 7.17. The Morgan fingerprint density at radius 2 is 1.95 bits per heavy atom. The molecular weight excluding hydrogens is 250 g/mol. The topological polar surface area (TPSA) is 38.3 Å². The summed E-state index contributed by atoms with van der Waals surface area (Å²) >= 11 is 0. The van der Waals surface area contributed by atoms with Crippen LogP contribution in [0.4, 0.5) is 0 Å². The molecule has 0 aliphatic heterocycles. The Morgan fingerprint density at radius 1 is 1.30 bits per heavy atom. The minimum atomic E-state index is -0.0565. The Kier molecular flexibility index (Phi) is 5.61. The maximum atomic E-state index is 12.1. The van der Waals surface area contributed by atoms with Gasteiger partial charge in [-0.2, -0.15) is 0 Å². The van der Waals surface area contributed by atoms with Crippen LogP contribution in [-0.2, 0) is 4.79 Å². The molecule has 0 saturated heterocycles. The quantitative estimate of drug-likeness (QED) is 0.885. The summed E-state index contributed by atoms with van der Waals surface area (Å²) in [6.45, 7) is 10.5. The molecule has 3 heteroatoms. The van der Waals surface area contributed by atoms with Gasteiger partial charge in [0.25, 0.3) is 0 Å². The number of methoxy groups -OCH3 is 1. The fourth-order valence-electron chi connectivity index (χ4n) is 2.21. The number of rotatable bonds is 5. The predicted octanol–water partition coefficient (Wildman–Crippen LogP) is 3.94. The van der Waals surface area contributed by atoms with E-state index in [2.05, 4.69) is 39.9 Å². The normalized spacial score (nSPS) is 13.2. The van der Waals surface area contributed by atoms with E-state index >= 15 is 0 Å². The van der Waals surface area contributed by atoms with Crippen LogP contribution >= 0.6 is 0 Å². The van der Waals surface area contributed by atoms with Crippen molar-refractivity contribution in [2.24, 2.45) is 11.3 Å². The summed E-state index contributed by atoms with van der Waals surface area (Å²) < 4.78 is 5.27. The van der Waals surface area contributed by atoms with Crippen molar-refractivity contribution in [3.63, 3.8) is 0 Å². The second kappa shape index (κ2) is 6.78. The van der Waals surface area contributed by atoms with E-state index in [1.165, 1.54) is 0 Å². The lowest BCUT2D eigenvalue weighted by atomic mass is 9.82. The Hall–Kier alpha value is -1.51. The van der Waals surface area contributed by atoms with E-state index in [4.69, 9.17) is 4.74 Å². The lowest BCUT2D eigenvalue weighted by Crippen LogP contribution is -2.37. The van der Waals surface area contributed by atoms with Crippen molar-refractivity contribution in [1.82, 2.24) is 5.32 Å². The van der Waals surface area contributed by atoms with Crippen LogP contribution in [0.3, 0.4) is 0 Å². The monoisotopic (exact) mass is 277 g/mol. The number of ether oxygens (including phenoxy) is 1. The van der Waals surface area contributed by atoms with Crippen molar-refractivity contribution in [3.05, 3.63) is 29.8 Å². The molecule has 20 heavy (non-hydrogen) atoms. The molecule has 0 heterocycles. The van der Waals surface area contributed by atoms with Crippen LogP contribution < -0.4 is 10.1 Å². The molecule has 0 saturated carbocycles. The van der Waals surface area contributed by atoms with E-state index < -0.39 is 0 Å². The van der Waals surface area contributed by atoms with Gasteiger partial charge in [0, 0.05) is 6.42 Å². The van der Waals surface area contributed by atoms with E-state index in [1.807, 2.05) is 24.3 Å². The average molecular weight is 277 g/mol. The number of amides is 1. The zero-order chi connectivity index (χ0) is 15.3. The van der Waals surface area contributed by atoms with Crippen molar-refractivity contribution in [2.45, 2.75) is 47.1 Å². The summed E-state index contributed by atoms with van der Waals surface area (Å²) in [7, 11) is 1.66. The SMILES string of the molecule is COc1cccc([C@@H](NC(=O)CC(C)C)C(C)(C)C)c1.